The molecule has 0 bridgehead atoms. The molecule has 0 amide bonds. The van der Waals surface area contributed by atoms with E-state index in [0.717, 1.165) is 12.1 Å². The standard InChI is InChI=1S/C12H16ClNO5S/c1-3-8(7-19-2)14-20(17,18)9-4-5-10(12(15)16)11(13)6-9/h4-6,8,14H,3,7H2,1-2H3,(H,15,16). The summed E-state index contributed by atoms with van der Waals surface area (Å²) in [4.78, 5) is 10.7. The quantitative estimate of drug-likeness (QED) is 0.798. The second-order valence-corrected chi connectivity index (χ2v) is 6.25. The third kappa shape index (κ3) is 4.17. The van der Waals surface area contributed by atoms with Gasteiger partial charge in [0.2, 0.25) is 10.0 Å². The first-order chi connectivity index (χ1) is 9.31. The molecular weight excluding hydrogens is 306 g/mol. The Morgan fingerprint density at radius 3 is 2.60 bits per heavy atom. The molecule has 0 radical (unpaired) electrons. The van der Waals surface area contributed by atoms with E-state index >= 15 is 0 Å². The predicted molar refractivity (Wildman–Crippen MR) is 74.7 cm³/mol. The van der Waals surface area contributed by atoms with Crippen LogP contribution in [0.4, 0.5) is 0 Å². The number of carbonyl (C=O) groups is 1. The van der Waals surface area contributed by atoms with Crippen LogP contribution in [-0.2, 0) is 14.8 Å². The smallest absolute Gasteiger partial charge is 0.337 e. The van der Waals surface area contributed by atoms with Gasteiger partial charge in [-0.3, -0.25) is 0 Å². The van der Waals surface area contributed by atoms with E-state index in [1.807, 2.05) is 6.92 Å². The largest absolute Gasteiger partial charge is 0.478 e. The number of hydrogen-bond donors (Lipinski definition) is 2. The van der Waals surface area contributed by atoms with Gasteiger partial charge in [-0.2, -0.15) is 0 Å². The Morgan fingerprint density at radius 2 is 2.15 bits per heavy atom. The van der Waals surface area contributed by atoms with Crippen molar-refractivity contribution in [3.05, 3.63) is 28.8 Å². The number of methoxy groups -OCH3 is 1. The summed E-state index contributed by atoms with van der Waals surface area (Å²) in [5.74, 6) is -1.21. The monoisotopic (exact) mass is 321 g/mol. The van der Waals surface area contributed by atoms with Crippen LogP contribution in [0.2, 0.25) is 5.02 Å². The fourth-order valence-corrected chi connectivity index (χ4v) is 3.22. The zero-order valence-corrected chi connectivity index (χ0v) is 12.7. The van der Waals surface area contributed by atoms with Gasteiger partial charge in [-0.15, -0.1) is 0 Å². The molecule has 1 unspecified atom stereocenters. The van der Waals surface area contributed by atoms with Crippen molar-refractivity contribution in [3.8, 4) is 0 Å². The highest BCUT2D eigenvalue weighted by atomic mass is 35.5. The van der Waals surface area contributed by atoms with Crippen LogP contribution in [0.3, 0.4) is 0 Å². The van der Waals surface area contributed by atoms with Crippen LogP contribution in [0.5, 0.6) is 0 Å². The summed E-state index contributed by atoms with van der Waals surface area (Å²) in [7, 11) is -2.28. The summed E-state index contributed by atoms with van der Waals surface area (Å²) >= 11 is 5.76. The minimum atomic E-state index is -3.77. The Bertz CT molecular complexity index is 588. The summed E-state index contributed by atoms with van der Waals surface area (Å²) in [5.41, 5.74) is -0.144. The molecule has 20 heavy (non-hydrogen) atoms. The highest BCUT2D eigenvalue weighted by molar-refractivity contribution is 7.89. The first-order valence-corrected chi connectivity index (χ1v) is 7.72. The molecule has 0 saturated carbocycles. The molecular formula is C12H16ClNO5S. The Labute approximate surface area is 122 Å². The van der Waals surface area contributed by atoms with E-state index < -0.39 is 16.0 Å². The van der Waals surface area contributed by atoms with Gasteiger partial charge in [0.05, 0.1) is 22.1 Å². The van der Waals surface area contributed by atoms with Crippen LogP contribution in [0, 0.1) is 0 Å². The van der Waals surface area contributed by atoms with Crippen molar-refractivity contribution < 1.29 is 23.1 Å². The van der Waals surface area contributed by atoms with Crippen LogP contribution >= 0.6 is 11.6 Å². The molecule has 0 aliphatic rings. The van der Waals surface area contributed by atoms with E-state index in [4.69, 9.17) is 21.4 Å². The lowest BCUT2D eigenvalue weighted by Crippen LogP contribution is -2.37. The van der Waals surface area contributed by atoms with Gasteiger partial charge in [-0.1, -0.05) is 18.5 Å². The third-order valence-electron chi connectivity index (χ3n) is 2.66. The summed E-state index contributed by atoms with van der Waals surface area (Å²) in [5, 5.41) is 8.72. The van der Waals surface area contributed by atoms with Crippen molar-refractivity contribution in [2.75, 3.05) is 13.7 Å². The number of carboxylic acids is 1. The Morgan fingerprint density at radius 1 is 1.50 bits per heavy atom. The molecule has 1 aromatic rings. The number of sulfonamides is 1. The van der Waals surface area contributed by atoms with Gasteiger partial charge in [0.25, 0.3) is 0 Å². The normalized spacial score (nSPS) is 13.2. The SMILES string of the molecule is CCC(COC)NS(=O)(=O)c1ccc(C(=O)O)c(Cl)c1. The number of rotatable bonds is 7. The molecule has 112 valence electrons. The minimum Gasteiger partial charge on any atom is -0.478 e. The third-order valence-corrected chi connectivity index (χ3v) is 4.49. The van der Waals surface area contributed by atoms with Crippen LogP contribution in [0.25, 0.3) is 0 Å². The molecule has 0 spiro atoms. The van der Waals surface area contributed by atoms with Crippen LogP contribution in [0.15, 0.2) is 23.1 Å². The molecule has 0 fully saturated rings. The molecule has 0 aliphatic heterocycles. The van der Waals surface area contributed by atoms with E-state index in [0.29, 0.717) is 6.42 Å². The van der Waals surface area contributed by atoms with E-state index in [9.17, 15) is 13.2 Å². The fourth-order valence-electron chi connectivity index (χ4n) is 1.56. The Hall–Kier alpha value is -1.15. The van der Waals surface area contributed by atoms with E-state index in [2.05, 4.69) is 4.72 Å². The zero-order valence-electron chi connectivity index (χ0n) is 11.1. The van der Waals surface area contributed by atoms with Crippen LogP contribution in [0.1, 0.15) is 23.7 Å². The maximum Gasteiger partial charge on any atom is 0.337 e. The minimum absolute atomic E-state index is 0.0814. The number of ether oxygens (including phenoxy) is 1. The van der Waals surface area contributed by atoms with E-state index in [-0.39, 0.29) is 28.1 Å². The van der Waals surface area contributed by atoms with Gasteiger partial charge in [-0.05, 0) is 24.6 Å². The fraction of sp³-hybridized carbons (Fsp3) is 0.417. The van der Waals surface area contributed by atoms with Crippen LogP contribution in [-0.4, -0.2) is 39.3 Å². The van der Waals surface area contributed by atoms with Gasteiger partial charge in [0.15, 0.2) is 0 Å². The van der Waals surface area contributed by atoms with Gasteiger partial charge < -0.3 is 9.84 Å². The number of nitrogens with one attached hydrogen (secondary N) is 1. The molecule has 0 saturated heterocycles. The Kier molecular flexibility index (Phi) is 5.94. The maximum atomic E-state index is 12.1. The van der Waals surface area contributed by atoms with Crippen molar-refractivity contribution in [2.45, 2.75) is 24.3 Å². The lowest BCUT2D eigenvalue weighted by Gasteiger charge is -2.16. The highest BCUT2D eigenvalue weighted by Crippen LogP contribution is 2.21. The zero-order chi connectivity index (χ0) is 15.3. The summed E-state index contributed by atoms with van der Waals surface area (Å²) in [6.45, 7) is 2.07. The molecule has 1 aromatic carbocycles. The number of benzene rings is 1. The topological polar surface area (TPSA) is 92.7 Å². The molecule has 0 heterocycles. The number of halogens is 1. The summed E-state index contributed by atoms with van der Waals surface area (Å²) < 4.78 is 31.7. The van der Waals surface area contributed by atoms with Crippen molar-refractivity contribution >= 4 is 27.6 Å². The number of hydrogen-bond acceptors (Lipinski definition) is 4. The van der Waals surface area contributed by atoms with E-state index in [1.54, 1.807) is 0 Å². The van der Waals surface area contributed by atoms with Crippen LogP contribution < -0.4 is 4.72 Å². The Balaban J connectivity index is 3.04. The molecule has 8 heteroatoms. The molecule has 0 aliphatic carbocycles. The van der Waals surface area contributed by atoms with Crippen molar-refractivity contribution in [1.82, 2.24) is 4.72 Å². The summed E-state index contributed by atoms with van der Waals surface area (Å²) in [6, 6.07) is 3.13. The number of carboxylic acid groups (broad SMARTS) is 1. The predicted octanol–water partition coefficient (Wildman–Crippen LogP) is 1.74. The van der Waals surface area contributed by atoms with Gasteiger partial charge in [0, 0.05) is 13.2 Å². The van der Waals surface area contributed by atoms with Crippen molar-refractivity contribution in [2.24, 2.45) is 0 Å². The second kappa shape index (κ2) is 7.03. The first kappa shape index (κ1) is 16.9. The second-order valence-electron chi connectivity index (χ2n) is 4.13. The van der Waals surface area contributed by atoms with Gasteiger partial charge >= 0.3 is 5.97 Å². The lowest BCUT2D eigenvalue weighted by molar-refractivity contribution is 0.0697. The molecule has 2 N–H and O–H groups in total. The maximum absolute atomic E-state index is 12.1. The highest BCUT2D eigenvalue weighted by Gasteiger charge is 2.21. The lowest BCUT2D eigenvalue weighted by atomic mass is 10.2. The van der Waals surface area contributed by atoms with Crippen molar-refractivity contribution in [1.29, 1.82) is 0 Å². The molecule has 0 aromatic heterocycles. The molecule has 1 rings (SSSR count). The van der Waals surface area contributed by atoms with Crippen molar-refractivity contribution in [3.63, 3.8) is 0 Å². The first-order valence-electron chi connectivity index (χ1n) is 5.86. The number of aromatic carboxylic acids is 1. The van der Waals surface area contributed by atoms with E-state index in [1.165, 1.54) is 13.2 Å². The average Bonchev–Trinajstić information content (AvgIpc) is 2.37. The van der Waals surface area contributed by atoms with Gasteiger partial charge in [-0.25, -0.2) is 17.9 Å². The summed E-state index contributed by atoms with van der Waals surface area (Å²) in [6.07, 6.45) is 0.564. The van der Waals surface area contributed by atoms with Gasteiger partial charge in [0.1, 0.15) is 0 Å². The molecule has 6 nitrogen and oxygen atoms in total. The molecule has 1 atom stereocenters. The average molecular weight is 322 g/mol.